The molecule has 0 fully saturated rings. The topological polar surface area (TPSA) is 92.3 Å². The number of sulfonamides is 1. The van der Waals surface area contributed by atoms with Gasteiger partial charge in [-0.05, 0) is 39.0 Å². The van der Waals surface area contributed by atoms with Crippen molar-refractivity contribution in [2.24, 2.45) is 0 Å². The van der Waals surface area contributed by atoms with E-state index in [2.05, 4.69) is 15.3 Å². The molecule has 0 unspecified atom stereocenters. The lowest BCUT2D eigenvalue weighted by molar-refractivity contribution is -0.121. The van der Waals surface area contributed by atoms with Crippen LogP contribution in [0.3, 0.4) is 0 Å². The average Bonchev–Trinajstić information content (AvgIpc) is 2.53. The van der Waals surface area contributed by atoms with Gasteiger partial charge in [-0.2, -0.15) is 0 Å². The average molecular weight is 376 g/mol. The Morgan fingerprint density at radius 2 is 1.73 bits per heavy atom. The minimum absolute atomic E-state index is 0.332. The van der Waals surface area contributed by atoms with Crippen LogP contribution >= 0.6 is 0 Å². The number of benzene rings is 1. The first-order valence-electron chi connectivity index (χ1n) is 8.32. The third-order valence-electron chi connectivity index (χ3n) is 3.78. The lowest BCUT2D eigenvalue weighted by atomic mass is 10.2. The molecule has 1 aromatic heterocycles. The number of hydrogen-bond donors (Lipinski definition) is 1. The highest BCUT2D eigenvalue weighted by atomic mass is 32.2. The van der Waals surface area contributed by atoms with Gasteiger partial charge in [-0.25, -0.2) is 18.4 Å². The molecule has 140 valence electrons. The number of nitrogens with one attached hydrogen (secondary N) is 1. The fraction of sp³-hybridized carbons (Fsp3) is 0.389. The summed E-state index contributed by atoms with van der Waals surface area (Å²) in [5.74, 6) is 0.280. The fourth-order valence-electron chi connectivity index (χ4n) is 2.74. The smallest absolute Gasteiger partial charge is 0.243 e. The van der Waals surface area contributed by atoms with Gasteiger partial charge in [0.2, 0.25) is 15.9 Å². The fourth-order valence-corrected chi connectivity index (χ4v) is 3.91. The Kier molecular flexibility index (Phi) is 6.31. The molecule has 0 spiro atoms. The van der Waals surface area contributed by atoms with E-state index in [0.717, 1.165) is 21.9 Å². The largest absolute Gasteiger partial charge is 0.354 e. The van der Waals surface area contributed by atoms with Crippen molar-refractivity contribution in [2.45, 2.75) is 33.2 Å². The molecule has 2 rings (SSSR count). The van der Waals surface area contributed by atoms with E-state index in [1.807, 2.05) is 19.9 Å². The minimum atomic E-state index is -3.60. The van der Waals surface area contributed by atoms with Gasteiger partial charge in [-0.3, -0.25) is 9.10 Å². The molecule has 0 aliphatic carbocycles. The Morgan fingerprint density at radius 1 is 1.15 bits per heavy atom. The zero-order chi connectivity index (χ0) is 19.3. The summed E-state index contributed by atoms with van der Waals surface area (Å²) in [6.45, 7) is 5.68. The molecule has 1 amide bonds. The number of carbonyl (C=O) groups excluding carboxylic acids is 1. The molecular weight excluding hydrogens is 352 g/mol. The van der Waals surface area contributed by atoms with Crippen LogP contribution in [0.4, 0.5) is 5.69 Å². The van der Waals surface area contributed by atoms with Gasteiger partial charge in [0.25, 0.3) is 0 Å². The van der Waals surface area contributed by atoms with Gasteiger partial charge in [-0.1, -0.05) is 18.2 Å². The van der Waals surface area contributed by atoms with Crippen LogP contribution in [0.15, 0.2) is 36.4 Å². The second-order valence-corrected chi connectivity index (χ2v) is 8.04. The van der Waals surface area contributed by atoms with Crippen molar-refractivity contribution in [1.82, 2.24) is 15.3 Å². The molecular formula is C18H24N4O3S. The van der Waals surface area contributed by atoms with Gasteiger partial charge in [-0.15, -0.1) is 0 Å². The van der Waals surface area contributed by atoms with Gasteiger partial charge in [0, 0.05) is 24.4 Å². The number of para-hydroxylation sites is 1. The van der Waals surface area contributed by atoms with E-state index in [-0.39, 0.29) is 5.91 Å². The summed E-state index contributed by atoms with van der Waals surface area (Å²) in [6.07, 6.45) is 1.57. The van der Waals surface area contributed by atoms with Crippen molar-refractivity contribution in [1.29, 1.82) is 0 Å². The molecule has 7 nitrogen and oxygen atoms in total. The van der Waals surface area contributed by atoms with Crippen molar-refractivity contribution >= 4 is 21.6 Å². The van der Waals surface area contributed by atoms with E-state index in [4.69, 9.17) is 0 Å². The Hall–Kier alpha value is -2.48. The third-order valence-corrected chi connectivity index (χ3v) is 5.02. The van der Waals surface area contributed by atoms with Crippen LogP contribution < -0.4 is 9.62 Å². The molecule has 1 heterocycles. The van der Waals surface area contributed by atoms with Crippen molar-refractivity contribution < 1.29 is 13.2 Å². The van der Waals surface area contributed by atoms with Crippen molar-refractivity contribution in [3.63, 3.8) is 0 Å². The molecule has 0 saturated heterocycles. The molecule has 26 heavy (non-hydrogen) atoms. The van der Waals surface area contributed by atoms with Crippen LogP contribution in [-0.2, 0) is 21.2 Å². The third kappa shape index (κ3) is 5.26. The molecule has 1 aromatic carbocycles. The summed E-state index contributed by atoms with van der Waals surface area (Å²) in [4.78, 5) is 21.1. The van der Waals surface area contributed by atoms with Crippen LogP contribution in [0.2, 0.25) is 0 Å². The molecule has 0 bridgehead atoms. The zero-order valence-corrected chi connectivity index (χ0v) is 16.2. The van der Waals surface area contributed by atoms with Crippen molar-refractivity contribution in [3.05, 3.63) is 53.6 Å². The standard InChI is InChI=1S/C18H24N4O3S/c1-13-12-14(2)21-17(20-13)10-11-19-18(23)15(3)22(26(4,24)25)16-8-6-5-7-9-16/h5-9,12,15H,10-11H2,1-4H3,(H,19,23)/t15-/m0/s1. The first kappa shape index (κ1) is 19.8. The summed E-state index contributed by atoms with van der Waals surface area (Å²) >= 11 is 0. The summed E-state index contributed by atoms with van der Waals surface area (Å²) in [5, 5.41) is 2.77. The Labute approximate surface area is 154 Å². The molecule has 2 aromatic rings. The highest BCUT2D eigenvalue weighted by Crippen LogP contribution is 2.20. The van der Waals surface area contributed by atoms with E-state index >= 15 is 0 Å². The molecule has 0 saturated carbocycles. The predicted molar refractivity (Wildman–Crippen MR) is 101 cm³/mol. The number of carbonyl (C=O) groups is 1. The number of hydrogen-bond acceptors (Lipinski definition) is 5. The van der Waals surface area contributed by atoms with Gasteiger partial charge in [0.1, 0.15) is 11.9 Å². The van der Waals surface area contributed by atoms with Crippen LogP contribution in [0, 0.1) is 13.8 Å². The number of anilines is 1. The maximum Gasteiger partial charge on any atom is 0.243 e. The summed E-state index contributed by atoms with van der Waals surface area (Å²) in [7, 11) is -3.60. The summed E-state index contributed by atoms with van der Waals surface area (Å²) in [6, 6.07) is 9.59. The first-order chi connectivity index (χ1) is 12.2. The summed E-state index contributed by atoms with van der Waals surface area (Å²) in [5.41, 5.74) is 2.20. The Balaban J connectivity index is 2.05. The highest BCUT2D eigenvalue weighted by Gasteiger charge is 2.28. The zero-order valence-electron chi connectivity index (χ0n) is 15.4. The van der Waals surface area contributed by atoms with Crippen LogP contribution in [0.25, 0.3) is 0 Å². The number of amides is 1. The molecule has 0 aliphatic rings. The molecule has 0 radical (unpaired) electrons. The van der Waals surface area contributed by atoms with E-state index < -0.39 is 16.1 Å². The first-order valence-corrected chi connectivity index (χ1v) is 10.2. The van der Waals surface area contributed by atoms with E-state index in [1.54, 1.807) is 37.3 Å². The SMILES string of the molecule is Cc1cc(C)nc(CCNC(=O)[C@H](C)N(c2ccccc2)S(C)(=O)=O)n1. The van der Waals surface area contributed by atoms with Crippen molar-refractivity contribution in [3.8, 4) is 0 Å². The molecule has 0 aliphatic heterocycles. The maximum absolute atomic E-state index is 12.5. The van der Waals surface area contributed by atoms with Crippen molar-refractivity contribution in [2.75, 3.05) is 17.1 Å². The Bertz CT molecular complexity index is 849. The maximum atomic E-state index is 12.5. The second-order valence-electron chi connectivity index (χ2n) is 6.18. The van der Waals surface area contributed by atoms with Gasteiger partial charge < -0.3 is 5.32 Å². The van der Waals surface area contributed by atoms with Crippen LogP contribution in [0.5, 0.6) is 0 Å². The number of aromatic nitrogens is 2. The van der Waals surface area contributed by atoms with E-state index in [0.29, 0.717) is 24.5 Å². The molecule has 8 heteroatoms. The monoisotopic (exact) mass is 376 g/mol. The lowest BCUT2D eigenvalue weighted by Gasteiger charge is -2.28. The molecule has 1 N–H and O–H groups in total. The molecule has 1 atom stereocenters. The van der Waals surface area contributed by atoms with Crippen LogP contribution in [-0.4, -0.2) is 43.1 Å². The van der Waals surface area contributed by atoms with E-state index in [9.17, 15) is 13.2 Å². The second kappa shape index (κ2) is 8.27. The normalized spacial score (nSPS) is 12.5. The quantitative estimate of drug-likeness (QED) is 0.792. The highest BCUT2D eigenvalue weighted by molar-refractivity contribution is 7.92. The number of nitrogens with zero attached hydrogens (tertiary/aromatic N) is 3. The van der Waals surface area contributed by atoms with Gasteiger partial charge in [0.15, 0.2) is 0 Å². The van der Waals surface area contributed by atoms with Gasteiger partial charge >= 0.3 is 0 Å². The van der Waals surface area contributed by atoms with Gasteiger partial charge in [0.05, 0.1) is 11.9 Å². The lowest BCUT2D eigenvalue weighted by Crippen LogP contribution is -2.48. The van der Waals surface area contributed by atoms with Crippen LogP contribution in [0.1, 0.15) is 24.1 Å². The predicted octanol–water partition coefficient (Wildman–Crippen LogP) is 1.61. The number of rotatable bonds is 7. The number of aryl methyl sites for hydroxylation is 2. The minimum Gasteiger partial charge on any atom is -0.354 e. The Morgan fingerprint density at radius 3 is 2.27 bits per heavy atom. The summed E-state index contributed by atoms with van der Waals surface area (Å²) < 4.78 is 25.5. The van der Waals surface area contributed by atoms with E-state index in [1.165, 1.54) is 0 Å².